The minimum atomic E-state index is 0.617. The first-order chi connectivity index (χ1) is 8.78. The molecule has 18 heavy (non-hydrogen) atoms. The van der Waals surface area contributed by atoms with Gasteiger partial charge in [0.1, 0.15) is 5.82 Å². The Morgan fingerprint density at radius 2 is 2.06 bits per heavy atom. The summed E-state index contributed by atoms with van der Waals surface area (Å²) in [6.07, 6.45) is 0. The van der Waals surface area contributed by atoms with Gasteiger partial charge in [-0.15, -0.1) is 0 Å². The van der Waals surface area contributed by atoms with Crippen LogP contribution in [0.4, 0.5) is 11.5 Å². The Morgan fingerprint density at radius 1 is 1.22 bits per heavy atom. The zero-order chi connectivity index (χ0) is 12.8. The quantitative estimate of drug-likeness (QED) is 0.793. The van der Waals surface area contributed by atoms with Crippen LogP contribution in [0.2, 0.25) is 0 Å². The summed E-state index contributed by atoms with van der Waals surface area (Å²) in [4.78, 5) is 4.34. The lowest BCUT2D eigenvalue weighted by molar-refractivity contribution is 0.327. The van der Waals surface area contributed by atoms with Crippen molar-refractivity contribution in [2.75, 3.05) is 17.7 Å². The third kappa shape index (κ3) is 3.38. The summed E-state index contributed by atoms with van der Waals surface area (Å²) in [6.45, 7) is 3.24. The van der Waals surface area contributed by atoms with Crippen LogP contribution in [0.5, 0.6) is 5.88 Å². The number of aromatic nitrogens is 1. The van der Waals surface area contributed by atoms with Crippen LogP contribution in [0.25, 0.3) is 0 Å². The second-order valence-corrected chi connectivity index (χ2v) is 3.89. The zero-order valence-corrected chi connectivity index (χ0v) is 10.4. The number of benzene rings is 1. The molecule has 0 radical (unpaired) electrons. The van der Waals surface area contributed by atoms with E-state index in [0.29, 0.717) is 19.0 Å². The Hall–Kier alpha value is -2.23. The van der Waals surface area contributed by atoms with E-state index in [1.54, 1.807) is 0 Å². The van der Waals surface area contributed by atoms with E-state index >= 15 is 0 Å². The highest BCUT2D eigenvalue weighted by Crippen LogP contribution is 2.13. The standard InChI is InChI=1S/C14H17N3O/c1-2-18-14-8-4-7-13(17-14)16-10-11-5-3-6-12(15)9-11/h3-9H,2,10,15H2,1H3,(H,16,17). The van der Waals surface area contributed by atoms with Crippen LogP contribution < -0.4 is 15.8 Å². The lowest BCUT2D eigenvalue weighted by atomic mass is 10.2. The normalized spacial score (nSPS) is 10.1. The Bertz CT molecular complexity index is 514. The number of hydrogen-bond acceptors (Lipinski definition) is 4. The SMILES string of the molecule is CCOc1cccc(NCc2cccc(N)c2)n1. The summed E-state index contributed by atoms with van der Waals surface area (Å²) in [6, 6.07) is 13.5. The van der Waals surface area contributed by atoms with Crippen molar-refractivity contribution in [2.24, 2.45) is 0 Å². The third-order valence-corrected chi connectivity index (χ3v) is 2.44. The van der Waals surface area contributed by atoms with Crippen molar-refractivity contribution in [3.63, 3.8) is 0 Å². The van der Waals surface area contributed by atoms with E-state index in [2.05, 4.69) is 10.3 Å². The summed E-state index contributed by atoms with van der Waals surface area (Å²) in [5.41, 5.74) is 7.62. The molecule has 0 amide bonds. The topological polar surface area (TPSA) is 60.2 Å². The van der Waals surface area contributed by atoms with Crippen molar-refractivity contribution >= 4 is 11.5 Å². The largest absolute Gasteiger partial charge is 0.478 e. The molecule has 0 bridgehead atoms. The highest BCUT2D eigenvalue weighted by Gasteiger charge is 1.98. The predicted molar refractivity (Wildman–Crippen MR) is 73.6 cm³/mol. The minimum absolute atomic E-state index is 0.617. The average molecular weight is 243 g/mol. The van der Waals surface area contributed by atoms with E-state index in [4.69, 9.17) is 10.5 Å². The Balaban J connectivity index is 1.99. The molecule has 2 rings (SSSR count). The van der Waals surface area contributed by atoms with E-state index < -0.39 is 0 Å². The zero-order valence-electron chi connectivity index (χ0n) is 10.4. The number of nitrogens with two attached hydrogens (primary N) is 1. The lowest BCUT2D eigenvalue weighted by Gasteiger charge is -2.08. The molecule has 4 nitrogen and oxygen atoms in total. The van der Waals surface area contributed by atoms with Crippen molar-refractivity contribution in [1.82, 2.24) is 4.98 Å². The van der Waals surface area contributed by atoms with Crippen LogP contribution in [0, 0.1) is 0 Å². The molecule has 0 spiro atoms. The molecule has 4 heteroatoms. The predicted octanol–water partition coefficient (Wildman–Crippen LogP) is 2.67. The fraction of sp³-hybridized carbons (Fsp3) is 0.214. The second-order valence-electron chi connectivity index (χ2n) is 3.89. The molecular formula is C14H17N3O. The van der Waals surface area contributed by atoms with Gasteiger partial charge < -0.3 is 15.8 Å². The van der Waals surface area contributed by atoms with Gasteiger partial charge in [-0.2, -0.15) is 4.98 Å². The van der Waals surface area contributed by atoms with Crippen LogP contribution >= 0.6 is 0 Å². The molecule has 0 atom stereocenters. The maximum Gasteiger partial charge on any atom is 0.215 e. The summed E-state index contributed by atoms with van der Waals surface area (Å²) in [7, 11) is 0. The Kier molecular flexibility index (Phi) is 4.02. The summed E-state index contributed by atoms with van der Waals surface area (Å²) >= 11 is 0. The van der Waals surface area contributed by atoms with Crippen LogP contribution in [0.15, 0.2) is 42.5 Å². The number of pyridine rings is 1. The molecule has 0 aliphatic heterocycles. The number of anilines is 2. The van der Waals surface area contributed by atoms with Crippen molar-refractivity contribution in [3.05, 3.63) is 48.0 Å². The van der Waals surface area contributed by atoms with Crippen LogP contribution in [-0.2, 0) is 6.54 Å². The Morgan fingerprint density at radius 3 is 2.83 bits per heavy atom. The molecule has 0 fully saturated rings. The van der Waals surface area contributed by atoms with Crippen LogP contribution in [0.1, 0.15) is 12.5 Å². The molecule has 1 aromatic carbocycles. The van der Waals surface area contributed by atoms with E-state index in [1.807, 2.05) is 49.4 Å². The fourth-order valence-corrected chi connectivity index (χ4v) is 1.64. The number of hydrogen-bond donors (Lipinski definition) is 2. The summed E-state index contributed by atoms with van der Waals surface area (Å²) in [5, 5.41) is 3.24. The molecule has 2 aromatic rings. The smallest absolute Gasteiger partial charge is 0.215 e. The maximum atomic E-state index is 5.73. The molecule has 0 unspecified atom stereocenters. The van der Waals surface area contributed by atoms with Gasteiger partial charge >= 0.3 is 0 Å². The van der Waals surface area contributed by atoms with Crippen molar-refractivity contribution in [1.29, 1.82) is 0 Å². The molecule has 1 heterocycles. The number of ether oxygens (including phenoxy) is 1. The Labute approximate surface area is 107 Å². The number of rotatable bonds is 5. The fourth-order valence-electron chi connectivity index (χ4n) is 1.64. The van der Waals surface area contributed by atoms with Gasteiger partial charge in [-0.05, 0) is 30.7 Å². The average Bonchev–Trinajstić information content (AvgIpc) is 2.37. The van der Waals surface area contributed by atoms with Gasteiger partial charge in [-0.3, -0.25) is 0 Å². The lowest BCUT2D eigenvalue weighted by Crippen LogP contribution is -2.03. The monoisotopic (exact) mass is 243 g/mol. The van der Waals surface area contributed by atoms with E-state index in [9.17, 15) is 0 Å². The summed E-state index contributed by atoms with van der Waals surface area (Å²) in [5.74, 6) is 1.43. The molecule has 94 valence electrons. The van der Waals surface area contributed by atoms with Gasteiger partial charge in [0.05, 0.1) is 6.61 Å². The van der Waals surface area contributed by atoms with Gasteiger partial charge in [-0.1, -0.05) is 18.2 Å². The van der Waals surface area contributed by atoms with Gasteiger partial charge in [-0.25, -0.2) is 0 Å². The van der Waals surface area contributed by atoms with Gasteiger partial charge in [0.2, 0.25) is 5.88 Å². The van der Waals surface area contributed by atoms with Crippen molar-refractivity contribution in [2.45, 2.75) is 13.5 Å². The van der Waals surface area contributed by atoms with Crippen molar-refractivity contribution < 1.29 is 4.74 Å². The number of nitrogens with one attached hydrogen (secondary N) is 1. The van der Waals surface area contributed by atoms with Crippen LogP contribution in [0.3, 0.4) is 0 Å². The first kappa shape index (κ1) is 12.2. The van der Waals surface area contributed by atoms with Gasteiger partial charge in [0.25, 0.3) is 0 Å². The van der Waals surface area contributed by atoms with Gasteiger partial charge in [0.15, 0.2) is 0 Å². The highest BCUT2D eigenvalue weighted by molar-refractivity contribution is 5.43. The second kappa shape index (κ2) is 5.91. The summed E-state index contributed by atoms with van der Waals surface area (Å²) < 4.78 is 5.35. The minimum Gasteiger partial charge on any atom is -0.478 e. The first-order valence-electron chi connectivity index (χ1n) is 5.96. The molecule has 1 aromatic heterocycles. The van der Waals surface area contributed by atoms with E-state index in [1.165, 1.54) is 0 Å². The van der Waals surface area contributed by atoms with Gasteiger partial charge in [0, 0.05) is 18.3 Å². The molecule has 0 saturated carbocycles. The van der Waals surface area contributed by atoms with E-state index in [0.717, 1.165) is 17.1 Å². The number of nitrogen functional groups attached to an aromatic ring is 1. The molecular weight excluding hydrogens is 226 g/mol. The highest BCUT2D eigenvalue weighted by atomic mass is 16.5. The first-order valence-corrected chi connectivity index (χ1v) is 5.96. The maximum absolute atomic E-state index is 5.73. The molecule has 0 aliphatic carbocycles. The molecule has 0 saturated heterocycles. The van der Waals surface area contributed by atoms with Crippen molar-refractivity contribution in [3.8, 4) is 5.88 Å². The molecule has 3 N–H and O–H groups in total. The number of nitrogens with zero attached hydrogens (tertiary/aromatic N) is 1. The van der Waals surface area contributed by atoms with Crippen LogP contribution in [-0.4, -0.2) is 11.6 Å². The molecule has 0 aliphatic rings. The third-order valence-electron chi connectivity index (χ3n) is 2.44. The van der Waals surface area contributed by atoms with E-state index in [-0.39, 0.29) is 0 Å².